The summed E-state index contributed by atoms with van der Waals surface area (Å²) in [6.07, 6.45) is 5.65. The minimum absolute atomic E-state index is 0.814. The van der Waals surface area contributed by atoms with Gasteiger partial charge in [-0.05, 0) is 44.3 Å². The maximum Gasteiger partial charge on any atom is 0.0950 e. The highest BCUT2D eigenvalue weighted by atomic mass is 15.2. The molecule has 0 saturated carbocycles. The number of nitrogens with zero attached hydrogens (tertiary/aromatic N) is 3. The summed E-state index contributed by atoms with van der Waals surface area (Å²) in [7, 11) is 0. The molecule has 4 heteroatoms. The van der Waals surface area contributed by atoms with Gasteiger partial charge in [0.2, 0.25) is 0 Å². The van der Waals surface area contributed by atoms with E-state index in [1.807, 2.05) is 18.3 Å². The van der Waals surface area contributed by atoms with E-state index >= 15 is 0 Å². The lowest BCUT2D eigenvalue weighted by molar-refractivity contribution is 0.383. The normalized spacial score (nSPS) is 16.5. The first-order valence-electron chi connectivity index (χ1n) is 8.04. The van der Waals surface area contributed by atoms with Crippen LogP contribution in [-0.4, -0.2) is 36.4 Å². The van der Waals surface area contributed by atoms with Crippen molar-refractivity contribution in [3.63, 3.8) is 0 Å². The zero-order valence-electron chi connectivity index (χ0n) is 12.8. The van der Waals surface area contributed by atoms with E-state index in [0.29, 0.717) is 0 Å². The van der Waals surface area contributed by atoms with Gasteiger partial charge in [-0.1, -0.05) is 25.1 Å². The number of rotatable bonds is 5. The van der Waals surface area contributed by atoms with Crippen LogP contribution in [0.4, 0.5) is 5.69 Å². The third-order valence-corrected chi connectivity index (χ3v) is 4.34. The van der Waals surface area contributed by atoms with E-state index in [1.165, 1.54) is 30.3 Å². The van der Waals surface area contributed by atoms with Crippen molar-refractivity contribution in [2.75, 3.05) is 31.1 Å². The van der Waals surface area contributed by atoms with E-state index in [-0.39, 0.29) is 0 Å². The summed E-state index contributed by atoms with van der Waals surface area (Å²) in [5.41, 5.74) is 2.22. The second-order valence-electron chi connectivity index (χ2n) is 5.88. The molecule has 2 heterocycles. The summed E-state index contributed by atoms with van der Waals surface area (Å²) >= 11 is 0. The Bertz CT molecular complexity index is 571. The van der Waals surface area contributed by atoms with Crippen molar-refractivity contribution in [1.29, 1.82) is 0 Å². The zero-order valence-corrected chi connectivity index (χ0v) is 12.8. The second kappa shape index (κ2) is 6.85. The third kappa shape index (κ3) is 3.32. The van der Waals surface area contributed by atoms with E-state index < -0.39 is 0 Å². The fraction of sp³-hybridized carbons (Fsp3) is 0.529. The average molecular weight is 284 g/mol. The molecule has 1 aliphatic heterocycles. The lowest BCUT2D eigenvalue weighted by Gasteiger charge is -2.34. The van der Waals surface area contributed by atoms with Gasteiger partial charge in [0.1, 0.15) is 0 Å². The van der Waals surface area contributed by atoms with Gasteiger partial charge in [0.05, 0.1) is 17.4 Å². The van der Waals surface area contributed by atoms with Crippen LogP contribution in [0.1, 0.15) is 26.2 Å². The first-order chi connectivity index (χ1) is 10.4. The van der Waals surface area contributed by atoms with Crippen molar-refractivity contribution in [2.45, 2.75) is 26.2 Å². The number of nitrogens with one attached hydrogen (secondary N) is 1. The molecule has 1 aliphatic rings. The number of aromatic nitrogens is 2. The largest absolute Gasteiger partial charge is 0.370 e. The predicted octanol–water partition coefficient (Wildman–Crippen LogP) is 2.85. The van der Waals surface area contributed by atoms with Gasteiger partial charge in [-0.15, -0.1) is 0 Å². The molecule has 0 aliphatic carbocycles. The molecule has 1 aromatic heterocycles. The molecule has 1 saturated heterocycles. The first-order valence-corrected chi connectivity index (χ1v) is 8.04. The Kier molecular flexibility index (Phi) is 4.65. The highest BCUT2D eigenvalue weighted by Gasteiger charge is 2.20. The van der Waals surface area contributed by atoms with Crippen molar-refractivity contribution >= 4 is 16.6 Å². The number of anilines is 1. The van der Waals surface area contributed by atoms with Gasteiger partial charge in [0.15, 0.2) is 0 Å². The summed E-state index contributed by atoms with van der Waals surface area (Å²) in [6.45, 7) is 6.76. The lowest BCUT2D eigenvalue weighted by atomic mass is 9.96. The van der Waals surface area contributed by atoms with E-state index in [0.717, 1.165) is 37.6 Å². The molecule has 0 unspecified atom stereocenters. The Balaban J connectivity index is 1.66. The van der Waals surface area contributed by atoms with Crippen LogP contribution < -0.4 is 10.2 Å². The summed E-state index contributed by atoms with van der Waals surface area (Å²) in [6, 6.07) is 8.28. The molecule has 0 amide bonds. The van der Waals surface area contributed by atoms with Crippen LogP contribution in [0.5, 0.6) is 0 Å². The van der Waals surface area contributed by atoms with E-state index in [2.05, 4.69) is 39.5 Å². The molecule has 0 spiro atoms. The Morgan fingerprint density at radius 1 is 1.24 bits per heavy atom. The highest BCUT2D eigenvalue weighted by Crippen LogP contribution is 2.28. The molecule has 1 aromatic carbocycles. The second-order valence-corrected chi connectivity index (χ2v) is 5.88. The van der Waals surface area contributed by atoms with Gasteiger partial charge in [-0.25, -0.2) is 0 Å². The fourth-order valence-corrected chi connectivity index (χ4v) is 3.11. The molecule has 21 heavy (non-hydrogen) atoms. The van der Waals surface area contributed by atoms with Gasteiger partial charge < -0.3 is 10.2 Å². The van der Waals surface area contributed by atoms with Crippen LogP contribution in [0.25, 0.3) is 10.9 Å². The molecule has 112 valence electrons. The van der Waals surface area contributed by atoms with Gasteiger partial charge >= 0.3 is 0 Å². The Morgan fingerprint density at radius 3 is 2.86 bits per heavy atom. The summed E-state index contributed by atoms with van der Waals surface area (Å²) < 4.78 is 0. The van der Waals surface area contributed by atoms with Gasteiger partial charge in [-0.3, -0.25) is 0 Å². The fourth-order valence-electron chi connectivity index (χ4n) is 3.11. The average Bonchev–Trinajstić information content (AvgIpc) is 2.55. The quantitative estimate of drug-likeness (QED) is 0.857. The van der Waals surface area contributed by atoms with Crippen LogP contribution in [-0.2, 0) is 0 Å². The van der Waals surface area contributed by atoms with E-state index in [1.54, 1.807) is 0 Å². The van der Waals surface area contributed by atoms with Crippen molar-refractivity contribution in [2.24, 2.45) is 5.92 Å². The third-order valence-electron chi connectivity index (χ3n) is 4.34. The lowest BCUT2D eigenvalue weighted by Crippen LogP contribution is -2.37. The molecule has 2 aromatic rings. The van der Waals surface area contributed by atoms with Crippen LogP contribution >= 0.6 is 0 Å². The van der Waals surface area contributed by atoms with Crippen molar-refractivity contribution in [3.05, 3.63) is 30.5 Å². The molecule has 0 bridgehead atoms. The molecule has 3 rings (SSSR count). The monoisotopic (exact) mass is 284 g/mol. The predicted molar refractivity (Wildman–Crippen MR) is 87.6 cm³/mol. The summed E-state index contributed by atoms with van der Waals surface area (Å²) in [5.74, 6) is 0.814. The number of fused-ring (bicyclic) bond motifs is 1. The number of benzene rings is 1. The van der Waals surface area contributed by atoms with E-state index in [9.17, 15) is 0 Å². The standard InChI is InChI=1S/C17H24N4/c1-2-9-18-12-14-7-10-21(11-8-14)17-13-19-20-16-6-4-3-5-15(16)17/h3-6,13-14,18H,2,7-12H2,1H3. The molecule has 1 N–H and O–H groups in total. The summed E-state index contributed by atoms with van der Waals surface area (Å²) in [5, 5.41) is 13.1. The number of piperidine rings is 1. The number of hydrogen-bond acceptors (Lipinski definition) is 4. The summed E-state index contributed by atoms with van der Waals surface area (Å²) in [4.78, 5) is 2.47. The minimum atomic E-state index is 0.814. The molecule has 0 atom stereocenters. The maximum atomic E-state index is 4.21. The Hall–Kier alpha value is -1.68. The topological polar surface area (TPSA) is 41.0 Å². The maximum absolute atomic E-state index is 4.21. The van der Waals surface area contributed by atoms with E-state index in [4.69, 9.17) is 0 Å². The van der Waals surface area contributed by atoms with Gasteiger partial charge in [0, 0.05) is 18.5 Å². The van der Waals surface area contributed by atoms with Gasteiger partial charge in [-0.2, -0.15) is 10.2 Å². The van der Waals surface area contributed by atoms with Gasteiger partial charge in [0.25, 0.3) is 0 Å². The number of hydrogen-bond donors (Lipinski definition) is 1. The smallest absolute Gasteiger partial charge is 0.0950 e. The highest BCUT2D eigenvalue weighted by molar-refractivity contribution is 5.90. The van der Waals surface area contributed by atoms with Crippen LogP contribution in [0, 0.1) is 5.92 Å². The molecular formula is C17H24N4. The van der Waals surface area contributed by atoms with Crippen molar-refractivity contribution in [3.8, 4) is 0 Å². The van der Waals surface area contributed by atoms with Crippen molar-refractivity contribution in [1.82, 2.24) is 15.5 Å². The molecule has 0 radical (unpaired) electrons. The zero-order chi connectivity index (χ0) is 14.5. The van der Waals surface area contributed by atoms with Crippen LogP contribution in [0.3, 0.4) is 0 Å². The SMILES string of the molecule is CCCNCC1CCN(c2cnnc3ccccc23)CC1. The Labute approximate surface area is 126 Å². The Morgan fingerprint density at radius 2 is 2.05 bits per heavy atom. The van der Waals surface area contributed by atoms with Crippen LogP contribution in [0.15, 0.2) is 30.5 Å². The molecular weight excluding hydrogens is 260 g/mol. The molecule has 4 nitrogen and oxygen atoms in total. The minimum Gasteiger partial charge on any atom is -0.370 e. The van der Waals surface area contributed by atoms with Crippen molar-refractivity contribution < 1.29 is 0 Å². The molecule has 1 fully saturated rings. The first kappa shape index (κ1) is 14.3. The van der Waals surface area contributed by atoms with Crippen LogP contribution in [0.2, 0.25) is 0 Å².